The van der Waals surface area contributed by atoms with Crippen LogP contribution in [0, 0.1) is 5.82 Å². The molecule has 0 spiro atoms. The molecule has 0 saturated heterocycles. The van der Waals surface area contributed by atoms with E-state index < -0.39 is 5.91 Å². The molecule has 1 amide bonds. The summed E-state index contributed by atoms with van der Waals surface area (Å²) in [7, 11) is 3.67. The Bertz CT molecular complexity index is 1240. The molecular formula is C20H18FN7OS. The van der Waals surface area contributed by atoms with Gasteiger partial charge in [-0.15, -0.1) is 10.2 Å². The van der Waals surface area contributed by atoms with Gasteiger partial charge in [-0.05, 0) is 35.3 Å². The van der Waals surface area contributed by atoms with Gasteiger partial charge in [0.05, 0.1) is 11.1 Å². The van der Waals surface area contributed by atoms with Gasteiger partial charge in [-0.25, -0.2) is 9.37 Å². The number of rotatable bonds is 6. The lowest BCUT2D eigenvalue weighted by Crippen LogP contribution is -2.16. The molecule has 2 aromatic heterocycles. The predicted octanol–water partition coefficient (Wildman–Crippen LogP) is 3.06. The molecule has 2 heterocycles. The van der Waals surface area contributed by atoms with Crippen molar-refractivity contribution in [1.29, 1.82) is 0 Å². The van der Waals surface area contributed by atoms with Crippen molar-refractivity contribution in [3.05, 3.63) is 59.4 Å². The number of nitrogens with one attached hydrogen (secondary N) is 1. The van der Waals surface area contributed by atoms with Crippen LogP contribution >= 0.6 is 11.5 Å². The number of aromatic nitrogens is 4. The first kappa shape index (κ1) is 19.6. The summed E-state index contributed by atoms with van der Waals surface area (Å²) in [5, 5.41) is 12.5. The smallest absolute Gasteiger partial charge is 0.250 e. The highest BCUT2D eigenvalue weighted by Gasteiger charge is 2.19. The Kier molecular flexibility index (Phi) is 5.23. The Balaban J connectivity index is 1.73. The molecule has 0 unspecified atom stereocenters. The standard InChI is InChI=1S/C20H18FN7OS/c1-28(2)20-19(23-10-11-5-3-6-12(21)9-11)24-18(25-26-20)16-13-7-4-8-14(17(22)29)15(13)27-30-16/h3-9H,10H2,1-2H3,(H2,22,29)(H,23,24,25). The Morgan fingerprint density at radius 1 is 1.20 bits per heavy atom. The minimum Gasteiger partial charge on any atom is -0.366 e. The second kappa shape index (κ2) is 7.99. The highest BCUT2D eigenvalue weighted by molar-refractivity contribution is 7.11. The zero-order valence-electron chi connectivity index (χ0n) is 16.3. The molecule has 0 radical (unpaired) electrons. The van der Waals surface area contributed by atoms with Gasteiger partial charge in [0, 0.05) is 26.0 Å². The highest BCUT2D eigenvalue weighted by atomic mass is 32.1. The Labute approximate surface area is 175 Å². The molecule has 0 aliphatic heterocycles. The summed E-state index contributed by atoms with van der Waals surface area (Å²) < 4.78 is 17.8. The van der Waals surface area contributed by atoms with Crippen molar-refractivity contribution in [2.45, 2.75) is 6.54 Å². The van der Waals surface area contributed by atoms with Gasteiger partial charge < -0.3 is 16.0 Å². The third kappa shape index (κ3) is 3.77. The summed E-state index contributed by atoms with van der Waals surface area (Å²) in [6.07, 6.45) is 0. The second-order valence-corrected chi connectivity index (χ2v) is 7.54. The number of hydrogen-bond acceptors (Lipinski definition) is 8. The molecular weight excluding hydrogens is 405 g/mol. The van der Waals surface area contributed by atoms with Crippen molar-refractivity contribution in [2.75, 3.05) is 24.3 Å². The normalized spacial score (nSPS) is 10.9. The molecule has 8 nitrogen and oxygen atoms in total. The third-order valence-electron chi connectivity index (χ3n) is 4.42. The lowest BCUT2D eigenvalue weighted by Gasteiger charge is -2.16. The second-order valence-electron chi connectivity index (χ2n) is 6.76. The molecule has 0 fully saturated rings. The lowest BCUT2D eigenvalue weighted by molar-refractivity contribution is 0.100. The number of primary amides is 1. The monoisotopic (exact) mass is 423 g/mol. The zero-order valence-corrected chi connectivity index (χ0v) is 17.1. The van der Waals surface area contributed by atoms with Crippen molar-refractivity contribution in [3.8, 4) is 10.7 Å². The van der Waals surface area contributed by atoms with E-state index in [2.05, 4.69) is 24.9 Å². The van der Waals surface area contributed by atoms with Crippen molar-refractivity contribution in [3.63, 3.8) is 0 Å². The maximum Gasteiger partial charge on any atom is 0.250 e. The number of carbonyl (C=O) groups is 1. The van der Waals surface area contributed by atoms with Crippen LogP contribution in [0.4, 0.5) is 16.0 Å². The first-order valence-electron chi connectivity index (χ1n) is 9.03. The number of amides is 1. The van der Waals surface area contributed by atoms with Crippen LogP contribution in [0.5, 0.6) is 0 Å². The summed E-state index contributed by atoms with van der Waals surface area (Å²) >= 11 is 1.17. The quantitative estimate of drug-likeness (QED) is 0.490. The minimum atomic E-state index is -0.545. The zero-order chi connectivity index (χ0) is 21.3. The van der Waals surface area contributed by atoms with Gasteiger partial charge in [0.15, 0.2) is 17.5 Å². The van der Waals surface area contributed by atoms with Crippen LogP contribution in [0.15, 0.2) is 42.5 Å². The van der Waals surface area contributed by atoms with Crippen LogP contribution in [-0.2, 0) is 6.54 Å². The van der Waals surface area contributed by atoms with Gasteiger partial charge in [0.25, 0.3) is 5.91 Å². The number of anilines is 2. The Hall–Kier alpha value is -3.66. The Morgan fingerprint density at radius 3 is 2.73 bits per heavy atom. The van der Waals surface area contributed by atoms with Gasteiger partial charge in [-0.2, -0.15) is 4.37 Å². The fourth-order valence-electron chi connectivity index (χ4n) is 2.99. The predicted molar refractivity (Wildman–Crippen MR) is 115 cm³/mol. The van der Waals surface area contributed by atoms with Crippen LogP contribution in [0.3, 0.4) is 0 Å². The molecule has 0 saturated carbocycles. The van der Waals surface area contributed by atoms with Crippen molar-refractivity contribution in [2.24, 2.45) is 5.73 Å². The van der Waals surface area contributed by atoms with E-state index in [1.807, 2.05) is 26.2 Å². The molecule has 10 heteroatoms. The largest absolute Gasteiger partial charge is 0.366 e. The summed E-state index contributed by atoms with van der Waals surface area (Å²) in [4.78, 5) is 18.8. The summed E-state index contributed by atoms with van der Waals surface area (Å²) in [5.41, 5.74) is 7.08. The molecule has 0 bridgehead atoms. The minimum absolute atomic E-state index is 0.301. The van der Waals surface area contributed by atoms with E-state index in [1.54, 1.807) is 23.1 Å². The summed E-state index contributed by atoms with van der Waals surface area (Å²) in [6.45, 7) is 0.367. The average molecular weight is 423 g/mol. The van der Waals surface area contributed by atoms with Crippen molar-refractivity contribution >= 4 is 40.0 Å². The average Bonchev–Trinajstić information content (AvgIpc) is 3.16. The lowest BCUT2D eigenvalue weighted by atomic mass is 10.1. The molecule has 0 atom stereocenters. The third-order valence-corrected chi connectivity index (χ3v) is 5.28. The van der Waals surface area contributed by atoms with Gasteiger partial charge in [-0.1, -0.05) is 24.3 Å². The number of halogens is 1. The molecule has 4 aromatic rings. The number of nitrogens with two attached hydrogens (primary N) is 1. The molecule has 30 heavy (non-hydrogen) atoms. The van der Waals surface area contributed by atoms with Crippen LogP contribution in [-0.4, -0.2) is 39.6 Å². The first-order valence-corrected chi connectivity index (χ1v) is 9.80. The number of fused-ring (bicyclic) bond motifs is 1. The first-order chi connectivity index (χ1) is 14.4. The van der Waals surface area contributed by atoms with Crippen molar-refractivity contribution in [1.82, 2.24) is 19.6 Å². The van der Waals surface area contributed by atoms with Gasteiger partial charge in [-0.3, -0.25) is 4.79 Å². The maximum absolute atomic E-state index is 13.5. The van der Waals surface area contributed by atoms with Gasteiger partial charge >= 0.3 is 0 Å². The number of carbonyl (C=O) groups excluding carboxylic acids is 1. The number of hydrogen-bond donors (Lipinski definition) is 2. The van der Waals surface area contributed by atoms with E-state index >= 15 is 0 Å². The summed E-state index contributed by atoms with van der Waals surface area (Å²) in [5.74, 6) is 0.571. The Morgan fingerprint density at radius 2 is 2.00 bits per heavy atom. The van der Waals surface area contributed by atoms with Gasteiger partial charge in [0.2, 0.25) is 0 Å². The number of benzene rings is 2. The molecule has 4 rings (SSSR count). The molecule has 2 aromatic carbocycles. The van der Waals surface area contributed by atoms with Crippen LogP contribution in [0.1, 0.15) is 15.9 Å². The van der Waals surface area contributed by atoms with Crippen LogP contribution in [0.25, 0.3) is 21.6 Å². The van der Waals surface area contributed by atoms with E-state index in [4.69, 9.17) is 5.73 Å². The molecule has 152 valence electrons. The highest BCUT2D eigenvalue weighted by Crippen LogP contribution is 2.33. The van der Waals surface area contributed by atoms with Crippen LogP contribution in [0.2, 0.25) is 0 Å². The maximum atomic E-state index is 13.5. The van der Waals surface area contributed by atoms with Gasteiger partial charge in [0.1, 0.15) is 10.7 Å². The number of nitrogens with zero attached hydrogens (tertiary/aromatic N) is 5. The fourth-order valence-corrected chi connectivity index (χ4v) is 3.81. The van der Waals surface area contributed by atoms with E-state index in [0.717, 1.165) is 10.9 Å². The van der Waals surface area contributed by atoms with E-state index in [0.29, 0.717) is 40.0 Å². The topological polar surface area (TPSA) is 110 Å². The molecule has 0 aliphatic carbocycles. The summed E-state index contributed by atoms with van der Waals surface area (Å²) in [6, 6.07) is 11.5. The van der Waals surface area contributed by atoms with E-state index in [-0.39, 0.29) is 5.82 Å². The SMILES string of the molecule is CN(C)c1nnc(-c2snc3c(C(N)=O)cccc23)nc1NCc1cccc(F)c1. The van der Waals surface area contributed by atoms with Crippen LogP contribution < -0.4 is 16.0 Å². The fraction of sp³-hybridized carbons (Fsp3) is 0.150. The molecule has 0 aliphatic rings. The molecule has 3 N–H and O–H groups in total. The van der Waals surface area contributed by atoms with E-state index in [9.17, 15) is 9.18 Å². The van der Waals surface area contributed by atoms with E-state index in [1.165, 1.54) is 23.7 Å². The van der Waals surface area contributed by atoms with Crippen molar-refractivity contribution < 1.29 is 9.18 Å².